The van der Waals surface area contributed by atoms with Crippen molar-refractivity contribution in [2.45, 2.75) is 13.0 Å². The van der Waals surface area contributed by atoms with Gasteiger partial charge in [-0.05, 0) is 24.6 Å². The first-order valence-electron chi connectivity index (χ1n) is 8.92. The minimum Gasteiger partial charge on any atom is -0.507 e. The van der Waals surface area contributed by atoms with E-state index in [2.05, 4.69) is 4.98 Å². The molecule has 2 heterocycles. The van der Waals surface area contributed by atoms with Crippen LogP contribution in [0.4, 0.5) is 5.82 Å². The first-order chi connectivity index (χ1) is 13.6. The molecule has 5 nitrogen and oxygen atoms in total. The highest BCUT2D eigenvalue weighted by Gasteiger charge is 2.47. The van der Waals surface area contributed by atoms with Gasteiger partial charge in [0.25, 0.3) is 5.78 Å². The maximum Gasteiger partial charge on any atom is 0.301 e. The SMILES string of the molecule is Cc1ccc(C2/C(=C(/O)c3ccccc3)C(=O)C(=O)N2c2ccccn2)cc1. The minimum absolute atomic E-state index is 0.0608. The molecule has 1 unspecified atom stereocenters. The molecule has 2 aromatic carbocycles. The fourth-order valence-electron chi connectivity index (χ4n) is 3.38. The van der Waals surface area contributed by atoms with E-state index in [1.54, 1.807) is 48.7 Å². The van der Waals surface area contributed by atoms with Gasteiger partial charge in [0.1, 0.15) is 11.6 Å². The number of pyridine rings is 1. The number of ketones is 1. The number of benzene rings is 2. The average molecular weight is 370 g/mol. The lowest BCUT2D eigenvalue weighted by Gasteiger charge is -2.24. The fourth-order valence-corrected chi connectivity index (χ4v) is 3.38. The van der Waals surface area contributed by atoms with E-state index in [4.69, 9.17) is 0 Å². The summed E-state index contributed by atoms with van der Waals surface area (Å²) in [5.74, 6) is -1.26. The Hall–Kier alpha value is -3.73. The summed E-state index contributed by atoms with van der Waals surface area (Å²) in [6.07, 6.45) is 1.57. The molecular weight excluding hydrogens is 352 g/mol. The lowest BCUT2D eigenvalue weighted by molar-refractivity contribution is -0.132. The maximum atomic E-state index is 12.9. The van der Waals surface area contributed by atoms with Gasteiger partial charge < -0.3 is 5.11 Å². The Balaban J connectivity index is 1.95. The molecule has 138 valence electrons. The van der Waals surface area contributed by atoms with Crippen LogP contribution in [0.25, 0.3) is 5.76 Å². The Bertz CT molecular complexity index is 1060. The lowest BCUT2D eigenvalue weighted by Crippen LogP contribution is -2.30. The number of carbonyl (C=O) groups is 2. The van der Waals surface area contributed by atoms with Gasteiger partial charge in [0.2, 0.25) is 0 Å². The Morgan fingerprint density at radius 3 is 2.25 bits per heavy atom. The number of carbonyl (C=O) groups excluding carboxylic acids is 2. The van der Waals surface area contributed by atoms with E-state index < -0.39 is 17.7 Å². The highest BCUT2D eigenvalue weighted by atomic mass is 16.3. The van der Waals surface area contributed by atoms with Gasteiger partial charge in [-0.2, -0.15) is 0 Å². The molecule has 3 aromatic rings. The Labute approximate surface area is 162 Å². The van der Waals surface area contributed by atoms with Crippen LogP contribution in [-0.2, 0) is 9.59 Å². The number of Topliss-reactive ketones (excluding diaryl/α,β-unsaturated/α-hetero) is 1. The van der Waals surface area contributed by atoms with E-state index in [1.807, 2.05) is 37.3 Å². The predicted octanol–water partition coefficient (Wildman–Crippen LogP) is 4.02. The molecule has 0 saturated carbocycles. The molecule has 0 spiro atoms. The molecule has 1 aliphatic heterocycles. The molecule has 1 amide bonds. The number of aromatic nitrogens is 1. The van der Waals surface area contributed by atoms with Crippen LogP contribution in [0.2, 0.25) is 0 Å². The van der Waals surface area contributed by atoms with E-state index >= 15 is 0 Å². The quantitative estimate of drug-likeness (QED) is 0.429. The zero-order valence-corrected chi connectivity index (χ0v) is 15.2. The molecular formula is C23H18N2O3. The van der Waals surface area contributed by atoms with Crippen molar-refractivity contribution in [1.82, 2.24) is 4.98 Å². The first-order valence-corrected chi connectivity index (χ1v) is 8.92. The number of amides is 1. The number of anilines is 1. The first kappa shape index (κ1) is 17.7. The van der Waals surface area contributed by atoms with Crippen molar-refractivity contribution < 1.29 is 14.7 Å². The largest absolute Gasteiger partial charge is 0.507 e. The zero-order valence-electron chi connectivity index (χ0n) is 15.2. The molecule has 28 heavy (non-hydrogen) atoms. The highest BCUT2D eigenvalue weighted by molar-refractivity contribution is 6.51. The topological polar surface area (TPSA) is 70.5 Å². The van der Waals surface area contributed by atoms with Gasteiger partial charge in [-0.15, -0.1) is 0 Å². The second-order valence-corrected chi connectivity index (χ2v) is 6.63. The van der Waals surface area contributed by atoms with Gasteiger partial charge in [0.05, 0.1) is 11.6 Å². The fraction of sp³-hybridized carbons (Fsp3) is 0.0870. The minimum atomic E-state index is -0.754. The zero-order chi connectivity index (χ0) is 19.7. The van der Waals surface area contributed by atoms with E-state index in [1.165, 1.54) is 4.90 Å². The van der Waals surface area contributed by atoms with Crippen molar-refractivity contribution in [3.8, 4) is 0 Å². The summed E-state index contributed by atoms with van der Waals surface area (Å²) >= 11 is 0. The number of aliphatic hydroxyl groups is 1. The number of aryl methyl sites for hydroxylation is 1. The summed E-state index contributed by atoms with van der Waals surface area (Å²) in [5, 5.41) is 10.9. The maximum absolute atomic E-state index is 12.9. The molecule has 5 heteroatoms. The van der Waals surface area contributed by atoms with Gasteiger partial charge in [-0.3, -0.25) is 14.5 Å². The van der Waals surface area contributed by atoms with Crippen molar-refractivity contribution in [2.75, 3.05) is 4.90 Å². The van der Waals surface area contributed by atoms with E-state index in [-0.39, 0.29) is 11.3 Å². The molecule has 1 aliphatic rings. The van der Waals surface area contributed by atoms with E-state index in [0.29, 0.717) is 11.4 Å². The number of aliphatic hydroxyl groups excluding tert-OH is 1. The van der Waals surface area contributed by atoms with Gasteiger partial charge in [-0.1, -0.05) is 66.2 Å². The Morgan fingerprint density at radius 1 is 0.929 bits per heavy atom. The Kier molecular flexibility index (Phi) is 4.49. The number of nitrogens with zero attached hydrogens (tertiary/aromatic N) is 2. The van der Waals surface area contributed by atoms with Crippen molar-refractivity contribution >= 4 is 23.3 Å². The van der Waals surface area contributed by atoms with Gasteiger partial charge in [-0.25, -0.2) is 4.98 Å². The molecule has 1 atom stereocenters. The Morgan fingerprint density at radius 2 is 1.61 bits per heavy atom. The van der Waals surface area contributed by atoms with Crippen LogP contribution < -0.4 is 4.90 Å². The van der Waals surface area contributed by atoms with Crippen molar-refractivity contribution in [3.05, 3.63) is 101 Å². The van der Waals surface area contributed by atoms with Gasteiger partial charge >= 0.3 is 5.91 Å². The molecule has 0 radical (unpaired) electrons. The van der Waals surface area contributed by atoms with Crippen molar-refractivity contribution in [1.29, 1.82) is 0 Å². The normalized spacial score (nSPS) is 18.5. The molecule has 1 aromatic heterocycles. The van der Waals surface area contributed by atoms with Crippen LogP contribution >= 0.6 is 0 Å². The molecule has 0 bridgehead atoms. The molecule has 0 aliphatic carbocycles. The monoisotopic (exact) mass is 370 g/mol. The van der Waals surface area contributed by atoms with Crippen molar-refractivity contribution in [3.63, 3.8) is 0 Å². The second-order valence-electron chi connectivity index (χ2n) is 6.63. The lowest BCUT2D eigenvalue weighted by atomic mass is 9.95. The standard InChI is InChI=1S/C23H18N2O3/c1-15-10-12-16(13-11-15)20-19(21(26)17-7-3-2-4-8-17)22(27)23(28)25(20)18-9-5-6-14-24-18/h2-14,20,26H,1H3/b21-19-. The van der Waals surface area contributed by atoms with Crippen molar-refractivity contribution in [2.24, 2.45) is 0 Å². The van der Waals surface area contributed by atoms with E-state index in [9.17, 15) is 14.7 Å². The van der Waals surface area contributed by atoms with Crippen LogP contribution in [0, 0.1) is 6.92 Å². The summed E-state index contributed by atoms with van der Waals surface area (Å²) in [6, 6.07) is 20.7. The van der Waals surface area contributed by atoms with Crippen LogP contribution in [0.15, 0.2) is 84.6 Å². The van der Waals surface area contributed by atoms with Crippen LogP contribution in [0.1, 0.15) is 22.7 Å². The third-order valence-corrected chi connectivity index (χ3v) is 4.78. The number of rotatable bonds is 3. The predicted molar refractivity (Wildman–Crippen MR) is 107 cm³/mol. The van der Waals surface area contributed by atoms with Crippen LogP contribution in [-0.4, -0.2) is 21.8 Å². The molecule has 1 saturated heterocycles. The van der Waals surface area contributed by atoms with Gasteiger partial charge in [0, 0.05) is 11.8 Å². The molecule has 4 rings (SSSR count). The third kappa shape index (κ3) is 2.97. The van der Waals surface area contributed by atoms with E-state index in [0.717, 1.165) is 11.1 Å². The second kappa shape index (κ2) is 7.12. The third-order valence-electron chi connectivity index (χ3n) is 4.78. The summed E-state index contributed by atoms with van der Waals surface area (Å²) in [5.41, 5.74) is 2.33. The summed E-state index contributed by atoms with van der Waals surface area (Å²) < 4.78 is 0. The van der Waals surface area contributed by atoms with Gasteiger partial charge in [0.15, 0.2) is 0 Å². The average Bonchev–Trinajstić information content (AvgIpc) is 3.00. The number of hydrogen-bond donors (Lipinski definition) is 1. The smallest absolute Gasteiger partial charge is 0.301 e. The summed E-state index contributed by atoms with van der Waals surface area (Å²) in [4.78, 5) is 31.4. The number of hydrogen-bond acceptors (Lipinski definition) is 4. The summed E-state index contributed by atoms with van der Waals surface area (Å²) in [7, 11) is 0. The molecule has 1 N–H and O–H groups in total. The van der Waals surface area contributed by atoms with Crippen LogP contribution in [0.5, 0.6) is 0 Å². The summed E-state index contributed by atoms with van der Waals surface area (Å²) in [6.45, 7) is 1.96. The highest BCUT2D eigenvalue weighted by Crippen LogP contribution is 2.41. The van der Waals surface area contributed by atoms with Crippen LogP contribution in [0.3, 0.4) is 0 Å². The molecule has 1 fully saturated rings.